The Bertz CT molecular complexity index is 587. The van der Waals surface area contributed by atoms with Crippen molar-refractivity contribution in [2.24, 2.45) is 10.9 Å². The van der Waals surface area contributed by atoms with Gasteiger partial charge in [-0.3, -0.25) is 10.1 Å². The summed E-state index contributed by atoms with van der Waals surface area (Å²) in [7, 11) is 0. The van der Waals surface area contributed by atoms with E-state index in [0.717, 1.165) is 23.0 Å². The van der Waals surface area contributed by atoms with E-state index in [9.17, 15) is 0 Å². The van der Waals surface area contributed by atoms with E-state index in [4.69, 9.17) is 0 Å². The summed E-state index contributed by atoms with van der Waals surface area (Å²) in [5.41, 5.74) is 5.12. The second-order valence-electron chi connectivity index (χ2n) is 4.95. The van der Waals surface area contributed by atoms with Gasteiger partial charge >= 0.3 is 0 Å². The van der Waals surface area contributed by atoms with Crippen LogP contribution in [0.5, 0.6) is 0 Å². The second kappa shape index (κ2) is 4.09. The molecule has 0 bridgehead atoms. The van der Waals surface area contributed by atoms with E-state index in [0.29, 0.717) is 5.92 Å². The summed E-state index contributed by atoms with van der Waals surface area (Å²) >= 11 is 0. The normalized spacial score (nSPS) is 25.1. The molecule has 0 aromatic carbocycles. The molecule has 3 nitrogen and oxygen atoms in total. The highest BCUT2D eigenvalue weighted by Gasteiger charge is 2.41. The van der Waals surface area contributed by atoms with Crippen molar-refractivity contribution < 1.29 is 0 Å². The zero-order valence-electron chi connectivity index (χ0n) is 10.8. The molecule has 0 amide bonds. The van der Waals surface area contributed by atoms with Gasteiger partial charge in [-0.15, -0.1) is 0 Å². The Morgan fingerprint density at radius 3 is 3.22 bits per heavy atom. The summed E-state index contributed by atoms with van der Waals surface area (Å²) < 4.78 is 0. The molecule has 0 aliphatic heterocycles. The molecule has 1 aromatic heterocycles. The number of H-pyrrole nitrogens is 1. The lowest BCUT2D eigenvalue weighted by Crippen LogP contribution is -1.99. The van der Waals surface area contributed by atoms with Gasteiger partial charge < -0.3 is 0 Å². The number of aromatic amines is 1. The summed E-state index contributed by atoms with van der Waals surface area (Å²) in [5, 5.41) is 7.59. The molecule has 3 rings (SSSR count). The molecule has 2 unspecified atom stereocenters. The third-order valence-corrected chi connectivity index (χ3v) is 3.57. The lowest BCUT2D eigenvalue weighted by molar-refractivity contribution is 0.914. The number of hydrogen-bond donors (Lipinski definition) is 1. The number of nitrogens with one attached hydrogen (secondary N) is 1. The van der Waals surface area contributed by atoms with Gasteiger partial charge in [0.1, 0.15) is 5.69 Å². The van der Waals surface area contributed by atoms with Crippen LogP contribution in [-0.2, 0) is 0 Å². The Hall–Kier alpha value is -1.90. The third-order valence-electron chi connectivity index (χ3n) is 3.57. The van der Waals surface area contributed by atoms with Crippen LogP contribution in [0.4, 0.5) is 0 Å². The second-order valence-corrected chi connectivity index (χ2v) is 4.95. The smallest absolute Gasteiger partial charge is 0.113 e. The van der Waals surface area contributed by atoms with Gasteiger partial charge in [-0.25, -0.2) is 0 Å². The minimum absolute atomic E-state index is 0.665. The number of allylic oxidation sites excluding steroid dienone is 3. The summed E-state index contributed by atoms with van der Waals surface area (Å²) in [4.78, 5) is 4.47. The Labute approximate surface area is 107 Å². The van der Waals surface area contributed by atoms with Crippen molar-refractivity contribution >= 4 is 11.8 Å². The number of hydrogen-bond acceptors (Lipinski definition) is 2. The first-order valence-corrected chi connectivity index (χ1v) is 6.34. The van der Waals surface area contributed by atoms with Crippen molar-refractivity contribution in [3.8, 4) is 0 Å². The van der Waals surface area contributed by atoms with Crippen molar-refractivity contribution in [3.05, 3.63) is 47.5 Å². The maximum absolute atomic E-state index is 4.47. The monoisotopic (exact) mass is 239 g/mol. The number of rotatable bonds is 3. The van der Waals surface area contributed by atoms with Crippen molar-refractivity contribution in [1.29, 1.82) is 0 Å². The van der Waals surface area contributed by atoms with Gasteiger partial charge in [0.05, 0.1) is 11.4 Å². The van der Waals surface area contributed by atoms with E-state index in [2.05, 4.69) is 33.9 Å². The van der Waals surface area contributed by atoms with E-state index >= 15 is 0 Å². The predicted molar refractivity (Wildman–Crippen MR) is 74.6 cm³/mol. The molecule has 0 spiro atoms. The van der Waals surface area contributed by atoms with Crippen LogP contribution >= 0.6 is 0 Å². The first-order chi connectivity index (χ1) is 8.70. The molecule has 3 heteroatoms. The van der Waals surface area contributed by atoms with Gasteiger partial charge in [-0.05, 0) is 32.3 Å². The number of nitrogens with zero attached hydrogens (tertiary/aromatic N) is 2. The van der Waals surface area contributed by atoms with Crippen LogP contribution in [0.25, 0.3) is 6.08 Å². The minimum Gasteiger partial charge on any atom is -0.281 e. The summed E-state index contributed by atoms with van der Waals surface area (Å²) in [6, 6.07) is 0. The van der Waals surface area contributed by atoms with E-state index in [1.165, 1.54) is 17.7 Å². The Morgan fingerprint density at radius 1 is 1.61 bits per heavy atom. The largest absolute Gasteiger partial charge is 0.281 e. The average molecular weight is 239 g/mol. The standard InChI is InChI=1S/C15H17N3/c1-4-5-9(2)16-10(3)14-12-7-6-11-8-13(11)15(12)18-17-14/h4-7,11,13H,2,8H2,1,3H3,(H,17,18)/b5-4-,16-10?. The Morgan fingerprint density at radius 2 is 2.44 bits per heavy atom. The zero-order valence-corrected chi connectivity index (χ0v) is 10.8. The topological polar surface area (TPSA) is 41.0 Å². The van der Waals surface area contributed by atoms with Gasteiger partial charge in [0.15, 0.2) is 0 Å². The van der Waals surface area contributed by atoms with Crippen molar-refractivity contribution in [3.63, 3.8) is 0 Å². The van der Waals surface area contributed by atoms with Gasteiger partial charge in [-0.2, -0.15) is 5.10 Å². The Kier molecular flexibility index (Phi) is 2.54. The number of fused-ring (bicyclic) bond motifs is 3. The van der Waals surface area contributed by atoms with E-state index in [1.54, 1.807) is 0 Å². The molecule has 1 aromatic rings. The zero-order chi connectivity index (χ0) is 12.7. The molecule has 2 atom stereocenters. The van der Waals surface area contributed by atoms with Gasteiger partial charge in [0.2, 0.25) is 0 Å². The van der Waals surface area contributed by atoms with Crippen LogP contribution in [0.2, 0.25) is 0 Å². The summed E-state index contributed by atoms with van der Waals surface area (Å²) in [5.74, 6) is 1.40. The maximum atomic E-state index is 4.47. The lowest BCUT2D eigenvalue weighted by atomic mass is 10.0. The molecule has 0 radical (unpaired) electrons. The van der Waals surface area contributed by atoms with E-state index < -0.39 is 0 Å². The first kappa shape index (κ1) is 11.2. The fraction of sp³-hybridized carbons (Fsp3) is 0.333. The van der Waals surface area contributed by atoms with E-state index in [-0.39, 0.29) is 0 Å². The minimum atomic E-state index is 0.665. The molecule has 1 N–H and O–H groups in total. The molecule has 0 saturated heterocycles. The fourth-order valence-corrected chi connectivity index (χ4v) is 2.57. The molecule has 92 valence electrons. The van der Waals surface area contributed by atoms with Crippen molar-refractivity contribution in [2.75, 3.05) is 0 Å². The fourth-order valence-electron chi connectivity index (χ4n) is 2.57. The highest BCUT2D eigenvalue weighted by molar-refractivity contribution is 6.01. The van der Waals surface area contributed by atoms with Crippen molar-refractivity contribution in [2.45, 2.75) is 26.2 Å². The van der Waals surface area contributed by atoms with Crippen LogP contribution < -0.4 is 0 Å². The lowest BCUT2D eigenvalue weighted by Gasteiger charge is -2.04. The van der Waals surface area contributed by atoms with Gasteiger partial charge in [-0.1, -0.05) is 24.8 Å². The molecule has 18 heavy (non-hydrogen) atoms. The molecular weight excluding hydrogens is 222 g/mol. The number of aliphatic imine (C=N–C) groups is 1. The van der Waals surface area contributed by atoms with Gasteiger partial charge in [0.25, 0.3) is 0 Å². The quantitative estimate of drug-likeness (QED) is 0.637. The highest BCUT2D eigenvalue weighted by Crippen LogP contribution is 2.52. The van der Waals surface area contributed by atoms with Crippen molar-refractivity contribution in [1.82, 2.24) is 10.2 Å². The van der Waals surface area contributed by atoms with Crippen LogP contribution in [0.15, 0.2) is 35.5 Å². The molecule has 1 heterocycles. The molecular formula is C15H17N3. The predicted octanol–water partition coefficient (Wildman–Crippen LogP) is 3.44. The van der Waals surface area contributed by atoms with Crippen LogP contribution in [-0.4, -0.2) is 15.9 Å². The highest BCUT2D eigenvalue weighted by atomic mass is 15.1. The van der Waals surface area contributed by atoms with Crippen LogP contribution in [0.3, 0.4) is 0 Å². The van der Waals surface area contributed by atoms with Crippen LogP contribution in [0.1, 0.15) is 43.1 Å². The number of aromatic nitrogens is 2. The van der Waals surface area contributed by atoms with Gasteiger partial charge in [0, 0.05) is 17.2 Å². The Balaban J connectivity index is 1.94. The third kappa shape index (κ3) is 1.76. The SMILES string of the molecule is C=C(/C=C\C)N=C(C)c1n[nH]c2c1C=CC1CC21. The van der Waals surface area contributed by atoms with Crippen LogP contribution in [0, 0.1) is 5.92 Å². The summed E-state index contributed by atoms with van der Waals surface area (Å²) in [6.07, 6.45) is 9.57. The maximum Gasteiger partial charge on any atom is 0.113 e. The molecule has 2 aliphatic carbocycles. The first-order valence-electron chi connectivity index (χ1n) is 6.34. The molecule has 2 aliphatic rings. The molecule has 1 saturated carbocycles. The van der Waals surface area contributed by atoms with E-state index in [1.807, 2.05) is 26.0 Å². The molecule has 1 fully saturated rings. The average Bonchev–Trinajstić information content (AvgIpc) is 3.00. The summed E-state index contributed by atoms with van der Waals surface area (Å²) in [6.45, 7) is 7.84.